The molecule has 3 aromatic rings. The molecule has 8 nitrogen and oxygen atoms in total. The molecule has 0 aliphatic heterocycles. The van der Waals surface area contributed by atoms with Gasteiger partial charge in [-0.3, -0.25) is 14.7 Å². The van der Waals surface area contributed by atoms with Crippen molar-refractivity contribution in [1.82, 2.24) is 14.3 Å². The van der Waals surface area contributed by atoms with Crippen molar-refractivity contribution in [3.8, 4) is 5.75 Å². The Balaban J connectivity index is 1.96. The molecule has 2 heterocycles. The van der Waals surface area contributed by atoms with E-state index in [1.807, 2.05) is 18.2 Å². The number of carbonyl (C=O) groups is 1. The molecule has 0 spiro atoms. The van der Waals surface area contributed by atoms with Crippen molar-refractivity contribution in [1.29, 1.82) is 0 Å². The van der Waals surface area contributed by atoms with Crippen LogP contribution in [0, 0.1) is 0 Å². The van der Waals surface area contributed by atoms with Crippen LogP contribution in [-0.2, 0) is 21.4 Å². The second-order valence-corrected chi connectivity index (χ2v) is 9.25. The van der Waals surface area contributed by atoms with Gasteiger partial charge in [-0.2, -0.15) is 4.31 Å². The quantitative estimate of drug-likeness (QED) is 0.581. The molecule has 0 aliphatic rings. The van der Waals surface area contributed by atoms with Crippen LogP contribution in [-0.4, -0.2) is 55.6 Å². The van der Waals surface area contributed by atoms with Crippen LogP contribution in [0.4, 0.5) is 5.13 Å². The molecule has 2 aromatic heterocycles. The Morgan fingerprint density at radius 3 is 2.68 bits per heavy atom. The number of anilines is 1. The summed E-state index contributed by atoms with van der Waals surface area (Å²) in [6.45, 7) is -0.0981. The fourth-order valence-electron chi connectivity index (χ4n) is 2.45. The molecular formula is C18H20N4O4S2. The smallest absolute Gasteiger partial charge is 0.244 e. The molecule has 0 saturated heterocycles. The van der Waals surface area contributed by atoms with Crippen LogP contribution < -0.4 is 9.64 Å². The molecule has 1 amide bonds. The fourth-order valence-corrected chi connectivity index (χ4v) is 3.75. The van der Waals surface area contributed by atoms with E-state index in [2.05, 4.69) is 9.97 Å². The minimum Gasteiger partial charge on any atom is -0.497 e. The highest BCUT2D eigenvalue weighted by atomic mass is 32.2. The number of methoxy groups -OCH3 is 1. The van der Waals surface area contributed by atoms with E-state index in [1.54, 1.807) is 31.5 Å². The first-order chi connectivity index (χ1) is 13.3. The van der Waals surface area contributed by atoms with Crippen molar-refractivity contribution in [3.63, 3.8) is 0 Å². The number of amides is 1. The van der Waals surface area contributed by atoms with Crippen LogP contribution in [0.2, 0.25) is 0 Å². The van der Waals surface area contributed by atoms with E-state index in [0.29, 0.717) is 22.1 Å². The number of rotatable bonds is 7. The Labute approximate surface area is 167 Å². The summed E-state index contributed by atoms with van der Waals surface area (Å²) in [5.41, 5.74) is 1.38. The Morgan fingerprint density at radius 2 is 2.04 bits per heavy atom. The van der Waals surface area contributed by atoms with Gasteiger partial charge in [0.15, 0.2) is 5.13 Å². The predicted octanol–water partition coefficient (Wildman–Crippen LogP) is 2.12. The topological polar surface area (TPSA) is 92.7 Å². The van der Waals surface area contributed by atoms with Crippen molar-refractivity contribution in [3.05, 3.63) is 48.3 Å². The zero-order valence-electron chi connectivity index (χ0n) is 15.7. The number of hydrogen-bond donors (Lipinski definition) is 0. The average Bonchev–Trinajstić information content (AvgIpc) is 3.08. The zero-order valence-corrected chi connectivity index (χ0v) is 17.3. The van der Waals surface area contributed by atoms with Crippen molar-refractivity contribution in [2.24, 2.45) is 0 Å². The molecule has 0 fully saturated rings. The molecule has 0 saturated carbocycles. The van der Waals surface area contributed by atoms with Crippen LogP contribution >= 0.6 is 11.3 Å². The summed E-state index contributed by atoms with van der Waals surface area (Å²) in [5, 5.41) is 0.473. The lowest BCUT2D eigenvalue weighted by atomic mass is 10.3. The van der Waals surface area contributed by atoms with Gasteiger partial charge in [-0.05, 0) is 24.3 Å². The number of ether oxygens (including phenoxy) is 1. The second-order valence-electron chi connectivity index (χ2n) is 6.15. The van der Waals surface area contributed by atoms with E-state index in [4.69, 9.17) is 4.74 Å². The Morgan fingerprint density at radius 1 is 1.25 bits per heavy atom. The van der Waals surface area contributed by atoms with E-state index in [1.165, 1.54) is 23.3 Å². The first kappa shape index (κ1) is 20.2. The number of aromatic nitrogens is 2. The maximum atomic E-state index is 12.9. The largest absolute Gasteiger partial charge is 0.497 e. The van der Waals surface area contributed by atoms with Gasteiger partial charge in [0.2, 0.25) is 15.9 Å². The first-order valence-corrected chi connectivity index (χ1v) is 11.0. The van der Waals surface area contributed by atoms with E-state index >= 15 is 0 Å². The third kappa shape index (κ3) is 4.64. The van der Waals surface area contributed by atoms with E-state index in [0.717, 1.165) is 15.3 Å². The zero-order chi connectivity index (χ0) is 20.3. The summed E-state index contributed by atoms with van der Waals surface area (Å²) in [5.74, 6) is 0.286. The van der Waals surface area contributed by atoms with Gasteiger partial charge in [0, 0.05) is 19.3 Å². The predicted molar refractivity (Wildman–Crippen MR) is 109 cm³/mol. The molecule has 3 rings (SSSR count). The number of fused-ring (bicyclic) bond motifs is 1. The number of nitrogens with zero attached hydrogens (tertiary/aromatic N) is 4. The summed E-state index contributed by atoms with van der Waals surface area (Å²) in [4.78, 5) is 23.2. The highest BCUT2D eigenvalue weighted by molar-refractivity contribution is 7.88. The van der Waals surface area contributed by atoms with Crippen LogP contribution in [0.25, 0.3) is 10.2 Å². The van der Waals surface area contributed by atoms with E-state index < -0.39 is 10.0 Å². The second kappa shape index (κ2) is 8.21. The van der Waals surface area contributed by atoms with Gasteiger partial charge in [-0.1, -0.05) is 17.4 Å². The molecule has 0 unspecified atom stereocenters. The normalized spacial score (nSPS) is 11.7. The lowest BCUT2D eigenvalue weighted by Gasteiger charge is -2.22. The number of thiazole rings is 1. The lowest BCUT2D eigenvalue weighted by molar-refractivity contribution is -0.118. The molecule has 0 N–H and O–H groups in total. The summed E-state index contributed by atoms with van der Waals surface area (Å²) >= 11 is 1.35. The Kier molecular flexibility index (Phi) is 5.92. The highest BCUT2D eigenvalue weighted by Gasteiger charge is 2.24. The van der Waals surface area contributed by atoms with Gasteiger partial charge in [0.05, 0.1) is 42.4 Å². The Hall–Kier alpha value is -2.56. The molecular weight excluding hydrogens is 400 g/mol. The number of benzene rings is 1. The number of pyridine rings is 1. The van der Waals surface area contributed by atoms with Gasteiger partial charge >= 0.3 is 0 Å². The van der Waals surface area contributed by atoms with Gasteiger partial charge < -0.3 is 4.74 Å². The minimum atomic E-state index is -3.48. The third-order valence-electron chi connectivity index (χ3n) is 4.09. The minimum absolute atomic E-state index is 0.189. The van der Waals surface area contributed by atoms with E-state index in [9.17, 15) is 13.2 Å². The van der Waals surface area contributed by atoms with Gasteiger partial charge in [0.25, 0.3) is 0 Å². The van der Waals surface area contributed by atoms with E-state index in [-0.39, 0.29) is 19.0 Å². The first-order valence-electron chi connectivity index (χ1n) is 8.34. The van der Waals surface area contributed by atoms with Crippen LogP contribution in [0.1, 0.15) is 5.69 Å². The molecule has 0 atom stereocenters. The number of hydrogen-bond acceptors (Lipinski definition) is 7. The standard InChI is InChI=1S/C18H20N4O4S2/c1-21(28(3,24)25)12-17(23)22(11-13-6-4-5-9-19-13)18-20-15-10-14(26-2)7-8-16(15)27-18/h4-10H,11-12H2,1-3H3. The number of sulfonamides is 1. The van der Waals surface area contributed by atoms with Gasteiger partial charge in [-0.15, -0.1) is 0 Å². The third-order valence-corrected chi connectivity index (χ3v) is 6.41. The number of likely N-dealkylation sites (N-methyl/N-ethyl adjacent to an activating group) is 1. The molecule has 148 valence electrons. The van der Waals surface area contributed by atoms with Gasteiger partial charge in [-0.25, -0.2) is 13.4 Å². The molecule has 0 aliphatic carbocycles. The number of carbonyl (C=O) groups excluding carboxylic acids is 1. The van der Waals surface area contributed by atoms with Crippen molar-refractivity contribution in [2.45, 2.75) is 6.54 Å². The highest BCUT2D eigenvalue weighted by Crippen LogP contribution is 2.32. The lowest BCUT2D eigenvalue weighted by Crippen LogP contribution is -2.40. The summed E-state index contributed by atoms with van der Waals surface area (Å²) < 4.78 is 30.6. The molecule has 1 aromatic carbocycles. The van der Waals surface area contributed by atoms with Crippen LogP contribution in [0.5, 0.6) is 5.75 Å². The Bertz CT molecular complexity index is 1080. The maximum absolute atomic E-state index is 12.9. The van der Waals surface area contributed by atoms with Crippen molar-refractivity contribution >= 4 is 42.6 Å². The van der Waals surface area contributed by atoms with Gasteiger partial charge in [0.1, 0.15) is 5.75 Å². The summed E-state index contributed by atoms with van der Waals surface area (Å²) in [7, 11) is -0.537. The fraction of sp³-hybridized carbons (Fsp3) is 0.278. The van der Waals surface area contributed by atoms with Crippen molar-refractivity contribution < 1.29 is 17.9 Å². The van der Waals surface area contributed by atoms with Crippen LogP contribution in [0.15, 0.2) is 42.6 Å². The van der Waals surface area contributed by atoms with Crippen LogP contribution in [0.3, 0.4) is 0 Å². The van der Waals surface area contributed by atoms with Crippen molar-refractivity contribution in [2.75, 3.05) is 31.9 Å². The SMILES string of the molecule is COc1ccc2sc(N(Cc3ccccn3)C(=O)CN(C)S(C)(=O)=O)nc2c1. The molecule has 0 radical (unpaired) electrons. The maximum Gasteiger partial charge on any atom is 0.244 e. The summed E-state index contributed by atoms with van der Waals surface area (Å²) in [6.07, 6.45) is 2.71. The average molecular weight is 421 g/mol. The summed E-state index contributed by atoms with van der Waals surface area (Å²) in [6, 6.07) is 10.9. The monoisotopic (exact) mass is 420 g/mol. The molecule has 10 heteroatoms. The molecule has 28 heavy (non-hydrogen) atoms. The molecule has 0 bridgehead atoms.